The highest BCUT2D eigenvalue weighted by Crippen LogP contribution is 2.14. The Morgan fingerprint density at radius 2 is 2.38 bits per heavy atom. The Morgan fingerprint density at radius 1 is 1.57 bits per heavy atom. The van der Waals surface area contributed by atoms with Crippen LogP contribution in [0.15, 0.2) is 11.5 Å². The van der Waals surface area contributed by atoms with Crippen LogP contribution in [0.5, 0.6) is 0 Å². The van der Waals surface area contributed by atoms with Gasteiger partial charge in [0.2, 0.25) is 10.0 Å². The average Bonchev–Trinajstić information content (AvgIpc) is 2.82. The molecule has 1 fully saturated rings. The standard InChI is InChI=1S/C13H18N2O4S2/c1-10-14-11(8-20-10)5-6-13(16)15-21(17,18)9-12-4-2-3-7-19-12/h5-6,8,12H,2-4,7,9H2,1H3,(H,15,16)/b6-5+. The van der Waals surface area contributed by atoms with Crippen LogP contribution in [0, 0.1) is 6.92 Å². The first kappa shape index (κ1) is 16.1. The third-order valence-corrected chi connectivity index (χ3v) is 5.09. The van der Waals surface area contributed by atoms with Gasteiger partial charge >= 0.3 is 0 Å². The van der Waals surface area contributed by atoms with Crippen molar-refractivity contribution in [1.82, 2.24) is 9.71 Å². The number of amides is 1. The molecule has 0 aromatic carbocycles. The number of carbonyl (C=O) groups excluding carboxylic acids is 1. The zero-order valence-corrected chi connectivity index (χ0v) is 13.4. The summed E-state index contributed by atoms with van der Waals surface area (Å²) < 4.78 is 31.1. The molecule has 1 N–H and O–H groups in total. The number of aromatic nitrogens is 1. The molecule has 1 unspecified atom stereocenters. The molecule has 0 bridgehead atoms. The third kappa shape index (κ3) is 5.56. The van der Waals surface area contributed by atoms with Crippen LogP contribution in [0.1, 0.15) is 30.0 Å². The molecule has 8 heteroatoms. The van der Waals surface area contributed by atoms with E-state index < -0.39 is 15.9 Å². The highest BCUT2D eigenvalue weighted by molar-refractivity contribution is 7.90. The van der Waals surface area contributed by atoms with Crippen LogP contribution in [-0.4, -0.2) is 37.8 Å². The van der Waals surface area contributed by atoms with Gasteiger partial charge in [-0.15, -0.1) is 11.3 Å². The first-order valence-electron chi connectivity index (χ1n) is 6.71. The molecule has 0 saturated carbocycles. The molecular formula is C13H18N2O4S2. The summed E-state index contributed by atoms with van der Waals surface area (Å²) in [6.45, 7) is 2.44. The highest BCUT2D eigenvalue weighted by Gasteiger charge is 2.22. The predicted molar refractivity (Wildman–Crippen MR) is 81.4 cm³/mol. The Kier molecular flexibility index (Phi) is 5.49. The van der Waals surface area contributed by atoms with Crippen molar-refractivity contribution >= 4 is 33.3 Å². The number of hydrogen-bond donors (Lipinski definition) is 1. The van der Waals surface area contributed by atoms with Crippen LogP contribution in [0.25, 0.3) is 6.08 Å². The second-order valence-electron chi connectivity index (χ2n) is 4.86. The maximum Gasteiger partial charge on any atom is 0.257 e. The summed E-state index contributed by atoms with van der Waals surface area (Å²) in [5.74, 6) is -0.848. The first-order valence-corrected chi connectivity index (χ1v) is 9.24. The summed E-state index contributed by atoms with van der Waals surface area (Å²) in [5.41, 5.74) is 0.640. The molecule has 21 heavy (non-hydrogen) atoms. The molecule has 1 aliphatic rings. The van der Waals surface area contributed by atoms with Gasteiger partial charge in [0.15, 0.2) is 0 Å². The van der Waals surface area contributed by atoms with E-state index in [0.717, 1.165) is 17.8 Å². The fourth-order valence-electron chi connectivity index (χ4n) is 2.03. The Balaban J connectivity index is 1.87. The lowest BCUT2D eigenvalue weighted by Crippen LogP contribution is -2.37. The van der Waals surface area contributed by atoms with Crippen molar-refractivity contribution in [2.75, 3.05) is 12.4 Å². The normalized spacial score (nSPS) is 19.8. The van der Waals surface area contributed by atoms with Gasteiger partial charge < -0.3 is 4.74 Å². The first-order chi connectivity index (χ1) is 9.94. The van der Waals surface area contributed by atoms with Crippen molar-refractivity contribution in [2.24, 2.45) is 0 Å². The van der Waals surface area contributed by atoms with E-state index in [4.69, 9.17) is 4.74 Å². The fraction of sp³-hybridized carbons (Fsp3) is 0.538. The molecule has 1 aromatic rings. The van der Waals surface area contributed by atoms with Crippen LogP contribution in [0.4, 0.5) is 0 Å². The molecule has 1 amide bonds. The van der Waals surface area contributed by atoms with E-state index in [-0.39, 0.29) is 11.9 Å². The van der Waals surface area contributed by atoms with Crippen molar-refractivity contribution in [3.63, 3.8) is 0 Å². The summed E-state index contributed by atoms with van der Waals surface area (Å²) in [4.78, 5) is 15.8. The van der Waals surface area contributed by atoms with Crippen molar-refractivity contribution in [3.8, 4) is 0 Å². The van der Waals surface area contributed by atoms with Crippen molar-refractivity contribution in [3.05, 3.63) is 22.2 Å². The monoisotopic (exact) mass is 330 g/mol. The zero-order valence-electron chi connectivity index (χ0n) is 11.7. The van der Waals surface area contributed by atoms with Gasteiger partial charge in [-0.3, -0.25) is 4.79 Å². The minimum atomic E-state index is -3.67. The van der Waals surface area contributed by atoms with Gasteiger partial charge in [0, 0.05) is 18.1 Å². The van der Waals surface area contributed by atoms with Crippen LogP contribution >= 0.6 is 11.3 Å². The number of sulfonamides is 1. The summed E-state index contributed by atoms with van der Waals surface area (Å²) in [7, 11) is -3.67. The molecule has 1 aliphatic heterocycles. The van der Waals surface area contributed by atoms with E-state index in [2.05, 4.69) is 4.98 Å². The minimum Gasteiger partial charge on any atom is -0.377 e. The van der Waals surface area contributed by atoms with Crippen molar-refractivity contribution < 1.29 is 17.9 Å². The lowest BCUT2D eigenvalue weighted by atomic mass is 10.1. The van der Waals surface area contributed by atoms with E-state index in [1.54, 1.807) is 5.38 Å². The summed E-state index contributed by atoms with van der Waals surface area (Å²) in [6, 6.07) is 0. The van der Waals surface area contributed by atoms with Crippen LogP contribution in [0.2, 0.25) is 0 Å². The number of rotatable bonds is 5. The van der Waals surface area contributed by atoms with Gasteiger partial charge in [-0.2, -0.15) is 0 Å². The molecule has 1 saturated heterocycles. The molecule has 116 valence electrons. The quantitative estimate of drug-likeness (QED) is 0.827. The molecule has 0 aliphatic carbocycles. The van der Waals surface area contributed by atoms with Crippen LogP contribution in [-0.2, 0) is 19.6 Å². The SMILES string of the molecule is Cc1nc(/C=C/C(=O)NS(=O)(=O)CC2CCCCO2)cs1. The van der Waals surface area contributed by atoms with Gasteiger partial charge in [-0.1, -0.05) is 0 Å². The zero-order chi connectivity index (χ0) is 15.3. The number of nitrogens with one attached hydrogen (secondary N) is 1. The van der Waals surface area contributed by atoms with E-state index in [9.17, 15) is 13.2 Å². The van der Waals surface area contributed by atoms with Crippen LogP contribution in [0.3, 0.4) is 0 Å². The Labute approximate surface area is 128 Å². The number of aryl methyl sites for hydroxylation is 1. The van der Waals surface area contributed by atoms with E-state index in [1.807, 2.05) is 11.6 Å². The summed E-state index contributed by atoms with van der Waals surface area (Å²) >= 11 is 1.46. The fourth-order valence-corrected chi connectivity index (χ4v) is 3.82. The average molecular weight is 330 g/mol. The minimum absolute atomic E-state index is 0.178. The lowest BCUT2D eigenvalue weighted by molar-refractivity contribution is -0.114. The molecule has 0 radical (unpaired) electrons. The number of hydrogen-bond acceptors (Lipinski definition) is 6. The molecular weight excluding hydrogens is 312 g/mol. The topological polar surface area (TPSA) is 85.4 Å². The largest absolute Gasteiger partial charge is 0.377 e. The third-order valence-electron chi connectivity index (χ3n) is 2.98. The van der Waals surface area contributed by atoms with E-state index in [1.165, 1.54) is 23.5 Å². The maximum absolute atomic E-state index is 11.9. The number of ether oxygens (including phenoxy) is 1. The Morgan fingerprint density at radius 3 is 3.00 bits per heavy atom. The maximum atomic E-state index is 11.9. The van der Waals surface area contributed by atoms with E-state index in [0.29, 0.717) is 18.7 Å². The van der Waals surface area contributed by atoms with Crippen molar-refractivity contribution in [2.45, 2.75) is 32.3 Å². The molecule has 6 nitrogen and oxygen atoms in total. The van der Waals surface area contributed by atoms with Gasteiger partial charge in [0.25, 0.3) is 5.91 Å². The van der Waals surface area contributed by atoms with Crippen molar-refractivity contribution in [1.29, 1.82) is 0 Å². The molecule has 2 rings (SSSR count). The summed E-state index contributed by atoms with van der Waals surface area (Å²) in [6.07, 6.45) is 4.97. The molecule has 1 atom stereocenters. The molecule has 0 spiro atoms. The summed E-state index contributed by atoms with van der Waals surface area (Å²) in [5, 5.41) is 2.68. The molecule has 2 heterocycles. The number of nitrogens with zero attached hydrogens (tertiary/aromatic N) is 1. The van der Waals surface area contributed by atoms with Crippen LogP contribution < -0.4 is 4.72 Å². The smallest absolute Gasteiger partial charge is 0.257 e. The number of carbonyl (C=O) groups is 1. The lowest BCUT2D eigenvalue weighted by Gasteiger charge is -2.22. The number of thiazole rings is 1. The molecule has 1 aromatic heterocycles. The van der Waals surface area contributed by atoms with Gasteiger partial charge in [-0.25, -0.2) is 18.1 Å². The van der Waals surface area contributed by atoms with Gasteiger partial charge in [0.05, 0.1) is 22.6 Å². The van der Waals surface area contributed by atoms with Gasteiger partial charge in [-0.05, 0) is 32.3 Å². The van der Waals surface area contributed by atoms with Gasteiger partial charge in [0.1, 0.15) is 0 Å². The second-order valence-corrected chi connectivity index (χ2v) is 7.69. The Bertz CT molecular complexity index is 616. The predicted octanol–water partition coefficient (Wildman–Crippen LogP) is 1.48. The highest BCUT2D eigenvalue weighted by atomic mass is 32.2. The second kappa shape index (κ2) is 7.15. The Hall–Kier alpha value is -1.25. The van der Waals surface area contributed by atoms with E-state index >= 15 is 0 Å².